The quantitative estimate of drug-likeness (QED) is 0.0121. The van der Waals surface area contributed by atoms with Crippen LogP contribution in [0.25, 0.3) is 32.7 Å². The molecule has 6 atom stereocenters. The SMILES string of the molecule is CCOC(=O)[C@@]1(Cc2ccc(OCc3cc(C(F)(F)F)nc4ccc(F)cc34)cc2)C[C@@H]1C(=O)NO.CCOC(=O)[C@]1(c2cccc(OCc3cc(C)nc4ccccc34)c2)C[C@H]1C(=O)NO.Cc1cc(COc2cccc([C@@]3(C(=O)OC(C)C)C[C@H]3C(=O)NO)c2)c2ccccc2n1. The van der Waals surface area contributed by atoms with Crippen molar-refractivity contribution in [2.24, 2.45) is 23.2 Å². The van der Waals surface area contributed by atoms with Gasteiger partial charge in [0.25, 0.3) is 0 Å². The van der Waals surface area contributed by atoms with E-state index in [1.54, 1.807) is 105 Å². The zero-order valence-electron chi connectivity index (χ0n) is 54.8. The van der Waals surface area contributed by atoms with Gasteiger partial charge >= 0.3 is 24.1 Å². The van der Waals surface area contributed by atoms with E-state index in [9.17, 15) is 46.3 Å². The number of amides is 3. The number of esters is 3. The minimum absolute atomic E-state index is 0.00431. The molecule has 3 aliphatic carbocycles. The van der Waals surface area contributed by atoms with Gasteiger partial charge in [-0.2, -0.15) is 13.2 Å². The monoisotopic (exact) mass is 1360 g/mol. The Morgan fingerprint density at radius 3 is 1.47 bits per heavy atom. The van der Waals surface area contributed by atoms with E-state index in [0.717, 1.165) is 62.5 Å². The lowest BCUT2D eigenvalue weighted by Gasteiger charge is -2.19. The number of nitrogens with one attached hydrogen (secondary N) is 3. The number of alkyl halides is 3. The van der Waals surface area contributed by atoms with E-state index < -0.39 is 87.3 Å². The van der Waals surface area contributed by atoms with Gasteiger partial charge < -0.3 is 28.4 Å². The van der Waals surface area contributed by atoms with Crippen molar-refractivity contribution >= 4 is 68.3 Å². The highest BCUT2D eigenvalue weighted by molar-refractivity contribution is 5.99. The summed E-state index contributed by atoms with van der Waals surface area (Å²) in [6.45, 7) is 11.5. The second-order valence-electron chi connectivity index (χ2n) is 24.6. The van der Waals surface area contributed by atoms with Crippen LogP contribution in [-0.4, -0.2) is 85.5 Å². The minimum atomic E-state index is -4.68. The summed E-state index contributed by atoms with van der Waals surface area (Å²) in [6.07, 6.45) is -4.04. The first-order chi connectivity index (χ1) is 47.4. The number of carbonyl (C=O) groups excluding carboxylic acids is 6. The lowest BCUT2D eigenvalue weighted by molar-refractivity contribution is -0.152. The molecule has 3 saturated carbocycles. The summed E-state index contributed by atoms with van der Waals surface area (Å²) in [5.74, 6) is -4.57. The number of hydrogen-bond donors (Lipinski definition) is 6. The van der Waals surface area contributed by atoms with Crippen LogP contribution in [0.4, 0.5) is 17.6 Å². The molecule has 6 N–H and O–H groups in total. The van der Waals surface area contributed by atoms with Crippen LogP contribution in [0.3, 0.4) is 0 Å². The highest BCUT2D eigenvalue weighted by Crippen LogP contribution is 2.58. The molecule has 516 valence electrons. The molecule has 12 rings (SSSR count). The molecule has 25 heteroatoms. The van der Waals surface area contributed by atoms with Gasteiger partial charge in [0.1, 0.15) is 59.4 Å². The van der Waals surface area contributed by atoms with Gasteiger partial charge in [0.2, 0.25) is 17.7 Å². The predicted octanol–water partition coefficient (Wildman–Crippen LogP) is 11.9. The van der Waals surface area contributed by atoms with Gasteiger partial charge in [-0.15, -0.1) is 0 Å². The molecule has 9 aromatic rings. The van der Waals surface area contributed by atoms with Crippen molar-refractivity contribution in [1.82, 2.24) is 31.4 Å². The first-order valence-electron chi connectivity index (χ1n) is 31.8. The Labute approximate surface area is 565 Å². The molecule has 0 aliphatic heterocycles. The average Bonchev–Trinajstić information content (AvgIpc) is 1.57. The molecule has 99 heavy (non-hydrogen) atoms. The molecule has 3 aliphatic rings. The number of hydrogen-bond acceptors (Lipinski definition) is 18. The first-order valence-corrected chi connectivity index (χ1v) is 31.8. The van der Waals surface area contributed by atoms with Crippen molar-refractivity contribution in [3.63, 3.8) is 0 Å². The van der Waals surface area contributed by atoms with Crippen LogP contribution in [0.5, 0.6) is 17.2 Å². The van der Waals surface area contributed by atoms with E-state index >= 15 is 0 Å². The molecule has 0 spiro atoms. The van der Waals surface area contributed by atoms with E-state index in [1.165, 1.54) is 6.07 Å². The molecule has 3 fully saturated rings. The van der Waals surface area contributed by atoms with Gasteiger partial charge in [-0.05, 0) is 169 Å². The maximum atomic E-state index is 13.7. The number of aryl methyl sites for hydroxylation is 2. The number of halogens is 4. The zero-order valence-corrected chi connectivity index (χ0v) is 54.8. The Hall–Kier alpha value is -10.6. The van der Waals surface area contributed by atoms with Crippen LogP contribution in [-0.2, 0) is 86.2 Å². The Balaban J connectivity index is 0.000000161. The molecule has 3 aromatic heterocycles. The van der Waals surface area contributed by atoms with E-state index in [2.05, 4.69) is 15.0 Å². The minimum Gasteiger partial charge on any atom is -0.489 e. The van der Waals surface area contributed by atoms with Crippen molar-refractivity contribution < 1.29 is 90.4 Å². The molecule has 0 bridgehead atoms. The number of benzene rings is 6. The number of ether oxygens (including phenoxy) is 6. The van der Waals surface area contributed by atoms with Gasteiger partial charge in [0, 0.05) is 44.2 Å². The summed E-state index contributed by atoms with van der Waals surface area (Å²) in [5, 5.41) is 29.3. The molecular formula is C74H72F4N6O15. The van der Waals surface area contributed by atoms with Crippen LogP contribution < -0.4 is 30.7 Å². The zero-order chi connectivity index (χ0) is 71.0. The lowest BCUT2D eigenvalue weighted by atomic mass is 9.92. The van der Waals surface area contributed by atoms with Crippen LogP contribution in [0.2, 0.25) is 0 Å². The first kappa shape index (κ1) is 71.2. The Morgan fingerprint density at radius 2 is 0.980 bits per heavy atom. The number of pyridine rings is 3. The summed E-state index contributed by atoms with van der Waals surface area (Å²) in [7, 11) is 0. The third-order valence-corrected chi connectivity index (χ3v) is 17.6. The fourth-order valence-electron chi connectivity index (χ4n) is 12.6. The highest BCUT2D eigenvalue weighted by atomic mass is 19.4. The molecule has 3 heterocycles. The van der Waals surface area contributed by atoms with Crippen molar-refractivity contribution in [1.29, 1.82) is 0 Å². The number of nitrogens with zero attached hydrogens (tertiary/aromatic N) is 3. The smallest absolute Gasteiger partial charge is 0.433 e. The summed E-state index contributed by atoms with van der Waals surface area (Å²) in [6, 6.07) is 44.7. The topological polar surface area (TPSA) is 293 Å². The number of para-hydroxylation sites is 2. The largest absolute Gasteiger partial charge is 0.489 e. The van der Waals surface area contributed by atoms with Crippen molar-refractivity contribution in [3.8, 4) is 17.2 Å². The number of carbonyl (C=O) groups is 6. The van der Waals surface area contributed by atoms with Gasteiger partial charge in [0.05, 0.1) is 59.0 Å². The van der Waals surface area contributed by atoms with Gasteiger partial charge in [-0.1, -0.05) is 72.8 Å². The van der Waals surface area contributed by atoms with Crippen molar-refractivity contribution in [2.75, 3.05) is 13.2 Å². The molecule has 3 amide bonds. The molecular weight excluding hydrogens is 1290 g/mol. The fraction of sp³-hybridized carbons (Fsp3) is 0.311. The third kappa shape index (κ3) is 15.7. The Morgan fingerprint density at radius 1 is 0.515 bits per heavy atom. The third-order valence-electron chi connectivity index (χ3n) is 17.6. The Kier molecular flexibility index (Phi) is 21.6. The number of aromatic nitrogens is 3. The summed E-state index contributed by atoms with van der Waals surface area (Å²) in [5.41, 5.74) is 8.17. The molecule has 0 unspecified atom stereocenters. The molecule has 0 saturated heterocycles. The van der Waals surface area contributed by atoms with Crippen molar-refractivity contribution in [3.05, 3.63) is 214 Å². The Bertz CT molecular complexity index is 4520. The van der Waals surface area contributed by atoms with Crippen LogP contribution in [0.1, 0.15) is 97.4 Å². The standard InChI is InChI=1S/C25H22F4N2O5.C25H26N2O5.C24H24N2O5/c1-2-35-23(33)24(12-19(24)22(32)31-34)11-14-3-6-17(7-4-14)36-13-15-9-21(25(27,28)29)30-20-8-5-16(26)10-18(15)20;1-15(2)32-24(29)25(13-21(25)23(28)27-30)18-7-6-8-19(12-18)31-14-17-11-16(3)26-22-10-5-4-9-20(17)22;1-3-30-23(28)24(13-20(24)22(27)26-29)17-7-6-8-18(12-17)31-14-16-11-15(2)25-21-10-5-4-9-19(16)21/h3-10,19,34H,2,11-13H2,1H3,(H,31,32);4-12,15,21,30H,13-14H2,1-3H3,(H,27,28);4-12,20,29H,3,13-14H2,1-2H3,(H,26,27)/t19-,24+;21-,25-;20-,24-/m100/s1. The van der Waals surface area contributed by atoms with Crippen LogP contribution >= 0.6 is 0 Å². The van der Waals surface area contributed by atoms with Gasteiger partial charge in [0.15, 0.2) is 0 Å². The number of fused-ring (bicyclic) bond motifs is 3. The van der Waals surface area contributed by atoms with Crippen molar-refractivity contribution in [2.45, 2.75) is 110 Å². The summed E-state index contributed by atoms with van der Waals surface area (Å²) >= 11 is 0. The van der Waals surface area contributed by atoms with E-state index in [1.807, 2.05) is 86.6 Å². The molecule has 6 aromatic carbocycles. The van der Waals surface area contributed by atoms with Crippen LogP contribution in [0, 0.1) is 42.8 Å². The maximum absolute atomic E-state index is 13.7. The van der Waals surface area contributed by atoms with E-state index in [0.29, 0.717) is 47.2 Å². The summed E-state index contributed by atoms with van der Waals surface area (Å²) in [4.78, 5) is 86.8. The molecule has 0 radical (unpaired) electrons. The second-order valence-corrected chi connectivity index (χ2v) is 24.6. The number of rotatable bonds is 22. The molecule has 21 nitrogen and oxygen atoms in total. The number of hydroxylamine groups is 3. The fourth-order valence-corrected chi connectivity index (χ4v) is 12.6. The second kappa shape index (κ2) is 30.0. The summed E-state index contributed by atoms with van der Waals surface area (Å²) < 4.78 is 87.2. The average molecular weight is 1360 g/mol. The van der Waals surface area contributed by atoms with Crippen LogP contribution in [0.15, 0.2) is 158 Å². The highest BCUT2D eigenvalue weighted by Gasteiger charge is 2.67. The normalized spacial score (nSPS) is 19.4. The van der Waals surface area contributed by atoms with Gasteiger partial charge in [-0.25, -0.2) is 25.8 Å². The predicted molar refractivity (Wildman–Crippen MR) is 350 cm³/mol. The van der Waals surface area contributed by atoms with Gasteiger partial charge in [-0.3, -0.25) is 54.4 Å². The lowest BCUT2D eigenvalue weighted by Crippen LogP contribution is -2.33. The van der Waals surface area contributed by atoms with E-state index in [-0.39, 0.29) is 68.1 Å². The van der Waals surface area contributed by atoms with E-state index in [4.69, 9.17) is 44.0 Å². The maximum Gasteiger partial charge on any atom is 0.433 e.